The van der Waals surface area contributed by atoms with E-state index >= 15 is 0 Å². The summed E-state index contributed by atoms with van der Waals surface area (Å²) in [7, 11) is 2.01. The summed E-state index contributed by atoms with van der Waals surface area (Å²) in [6.07, 6.45) is 0.971. The molecule has 1 aromatic carbocycles. The van der Waals surface area contributed by atoms with Gasteiger partial charge in [0.25, 0.3) is 0 Å². The fraction of sp³-hybridized carbons (Fsp3) is 0.571. The molecule has 0 spiro atoms. The molecule has 0 unspecified atom stereocenters. The Morgan fingerprint density at radius 1 is 1.39 bits per heavy atom. The molecule has 0 aromatic heterocycles. The Morgan fingerprint density at radius 2 is 2.06 bits per heavy atom. The summed E-state index contributed by atoms with van der Waals surface area (Å²) in [6.45, 7) is 6.57. The first-order chi connectivity index (χ1) is 8.34. The highest BCUT2D eigenvalue weighted by atomic mass is 79.9. The van der Waals surface area contributed by atoms with Crippen LogP contribution in [0, 0.1) is 11.2 Å². The number of halogens is 2. The molecule has 0 bridgehead atoms. The van der Waals surface area contributed by atoms with Gasteiger partial charge in [-0.1, -0.05) is 29.8 Å². The number of hydrogen-bond donors (Lipinski definition) is 1. The van der Waals surface area contributed by atoms with Crippen molar-refractivity contribution in [3.63, 3.8) is 0 Å². The van der Waals surface area contributed by atoms with Crippen molar-refractivity contribution in [1.82, 2.24) is 4.90 Å². The topological polar surface area (TPSA) is 29.3 Å². The van der Waals surface area contributed by atoms with Crippen LogP contribution in [0.4, 0.5) is 4.39 Å². The second-order valence-corrected chi connectivity index (χ2v) is 6.53. The molecule has 1 aromatic rings. The molecule has 0 heterocycles. The Balaban J connectivity index is 2.64. The summed E-state index contributed by atoms with van der Waals surface area (Å²) in [5.74, 6) is -0.151. The predicted molar refractivity (Wildman–Crippen MR) is 77.9 cm³/mol. The van der Waals surface area contributed by atoms with Gasteiger partial charge < -0.3 is 10.6 Å². The third-order valence-corrected chi connectivity index (χ3v) is 3.46. The normalized spacial score (nSPS) is 12.2. The minimum atomic E-state index is -0.151. The van der Waals surface area contributed by atoms with Crippen LogP contribution >= 0.6 is 15.9 Å². The van der Waals surface area contributed by atoms with Gasteiger partial charge >= 0.3 is 0 Å². The predicted octanol–water partition coefficient (Wildman–Crippen LogP) is 3.40. The van der Waals surface area contributed by atoms with E-state index in [1.165, 1.54) is 6.07 Å². The van der Waals surface area contributed by atoms with Gasteiger partial charge in [0.2, 0.25) is 0 Å². The van der Waals surface area contributed by atoms with Crippen molar-refractivity contribution in [3.05, 3.63) is 34.1 Å². The molecular weight excluding hydrogens is 295 g/mol. The van der Waals surface area contributed by atoms with Crippen LogP contribution in [-0.4, -0.2) is 25.0 Å². The molecule has 0 fully saturated rings. The SMILES string of the molecule is CN(Cc1cc(Br)ccc1F)CC(C)(C)CCN. The first kappa shape index (κ1) is 15.6. The lowest BCUT2D eigenvalue weighted by molar-refractivity contribution is 0.193. The Labute approximate surface area is 117 Å². The number of rotatable bonds is 6. The summed E-state index contributed by atoms with van der Waals surface area (Å²) in [6, 6.07) is 5.05. The van der Waals surface area contributed by atoms with Gasteiger partial charge in [0.1, 0.15) is 5.82 Å². The van der Waals surface area contributed by atoms with E-state index in [2.05, 4.69) is 34.7 Å². The Hall–Kier alpha value is -0.450. The van der Waals surface area contributed by atoms with E-state index < -0.39 is 0 Å². The van der Waals surface area contributed by atoms with Crippen molar-refractivity contribution in [2.45, 2.75) is 26.8 Å². The van der Waals surface area contributed by atoms with E-state index in [0.717, 1.165) is 23.0 Å². The van der Waals surface area contributed by atoms with E-state index in [1.54, 1.807) is 6.07 Å². The highest BCUT2D eigenvalue weighted by Crippen LogP contribution is 2.22. The van der Waals surface area contributed by atoms with Gasteiger partial charge in [-0.05, 0) is 43.6 Å². The van der Waals surface area contributed by atoms with Crippen LogP contribution < -0.4 is 5.73 Å². The maximum Gasteiger partial charge on any atom is 0.127 e. The highest BCUT2D eigenvalue weighted by molar-refractivity contribution is 9.10. The lowest BCUT2D eigenvalue weighted by Crippen LogP contribution is -2.32. The minimum Gasteiger partial charge on any atom is -0.330 e. The van der Waals surface area contributed by atoms with E-state index in [-0.39, 0.29) is 11.2 Å². The molecule has 0 aliphatic rings. The number of nitrogens with two attached hydrogens (primary N) is 1. The van der Waals surface area contributed by atoms with Gasteiger partial charge in [0.05, 0.1) is 0 Å². The maximum absolute atomic E-state index is 13.6. The zero-order valence-corrected chi connectivity index (χ0v) is 12.9. The molecule has 0 radical (unpaired) electrons. The van der Waals surface area contributed by atoms with Crippen LogP contribution in [0.3, 0.4) is 0 Å². The van der Waals surface area contributed by atoms with Crippen molar-refractivity contribution in [2.75, 3.05) is 20.1 Å². The Morgan fingerprint density at radius 3 is 2.67 bits per heavy atom. The minimum absolute atomic E-state index is 0.151. The molecule has 2 nitrogen and oxygen atoms in total. The molecule has 18 heavy (non-hydrogen) atoms. The van der Waals surface area contributed by atoms with Crippen molar-refractivity contribution >= 4 is 15.9 Å². The first-order valence-corrected chi connectivity index (χ1v) is 6.96. The van der Waals surface area contributed by atoms with Crippen LogP contribution in [0.1, 0.15) is 25.8 Å². The van der Waals surface area contributed by atoms with E-state index in [9.17, 15) is 4.39 Å². The Bertz CT molecular complexity index is 393. The zero-order chi connectivity index (χ0) is 13.8. The second-order valence-electron chi connectivity index (χ2n) is 5.61. The zero-order valence-electron chi connectivity index (χ0n) is 11.3. The van der Waals surface area contributed by atoms with Crippen molar-refractivity contribution in [2.24, 2.45) is 11.1 Å². The highest BCUT2D eigenvalue weighted by Gasteiger charge is 2.19. The van der Waals surface area contributed by atoms with E-state index in [0.29, 0.717) is 13.1 Å². The fourth-order valence-electron chi connectivity index (χ4n) is 2.21. The molecule has 0 amide bonds. The van der Waals surface area contributed by atoms with Gasteiger partial charge in [-0.25, -0.2) is 4.39 Å². The van der Waals surface area contributed by atoms with Crippen LogP contribution in [0.15, 0.2) is 22.7 Å². The average molecular weight is 317 g/mol. The third-order valence-electron chi connectivity index (χ3n) is 2.97. The number of benzene rings is 1. The summed E-state index contributed by atoms with van der Waals surface area (Å²) in [5.41, 5.74) is 6.48. The van der Waals surface area contributed by atoms with E-state index in [4.69, 9.17) is 5.73 Å². The average Bonchev–Trinajstić information content (AvgIpc) is 2.22. The molecule has 0 aliphatic heterocycles. The largest absolute Gasteiger partial charge is 0.330 e. The van der Waals surface area contributed by atoms with Crippen LogP contribution in [-0.2, 0) is 6.54 Å². The lowest BCUT2D eigenvalue weighted by atomic mass is 9.89. The van der Waals surface area contributed by atoms with Gasteiger partial charge in [-0.15, -0.1) is 0 Å². The summed E-state index contributed by atoms with van der Waals surface area (Å²) >= 11 is 3.37. The smallest absolute Gasteiger partial charge is 0.127 e. The number of nitrogens with zero attached hydrogens (tertiary/aromatic N) is 1. The van der Waals surface area contributed by atoms with Crippen molar-refractivity contribution < 1.29 is 4.39 Å². The standard InChI is InChI=1S/C14H22BrFN2/c1-14(2,6-7-17)10-18(3)9-11-8-12(15)4-5-13(11)16/h4-5,8H,6-7,9-10,17H2,1-3H3. The van der Waals surface area contributed by atoms with Crippen LogP contribution in [0.25, 0.3) is 0 Å². The molecular formula is C14H22BrFN2. The molecule has 102 valence electrons. The van der Waals surface area contributed by atoms with Crippen molar-refractivity contribution in [1.29, 1.82) is 0 Å². The molecule has 0 aliphatic carbocycles. The van der Waals surface area contributed by atoms with Crippen LogP contribution in [0.2, 0.25) is 0 Å². The Kier molecular flexibility index (Phi) is 5.76. The lowest BCUT2D eigenvalue weighted by Gasteiger charge is -2.30. The molecule has 0 saturated carbocycles. The quantitative estimate of drug-likeness (QED) is 0.871. The van der Waals surface area contributed by atoms with Gasteiger partial charge in [0, 0.05) is 23.1 Å². The molecule has 1 rings (SSSR count). The summed E-state index contributed by atoms with van der Waals surface area (Å²) < 4.78 is 14.6. The van der Waals surface area contributed by atoms with E-state index in [1.807, 2.05) is 13.1 Å². The number of hydrogen-bond acceptors (Lipinski definition) is 2. The third kappa shape index (κ3) is 5.04. The molecule has 2 N–H and O–H groups in total. The van der Waals surface area contributed by atoms with Gasteiger partial charge in [-0.3, -0.25) is 0 Å². The molecule has 0 atom stereocenters. The van der Waals surface area contributed by atoms with Gasteiger partial charge in [-0.2, -0.15) is 0 Å². The fourth-order valence-corrected chi connectivity index (χ4v) is 2.62. The first-order valence-electron chi connectivity index (χ1n) is 6.16. The summed E-state index contributed by atoms with van der Waals surface area (Å²) in [4.78, 5) is 2.14. The van der Waals surface area contributed by atoms with Crippen molar-refractivity contribution in [3.8, 4) is 0 Å². The molecule has 4 heteroatoms. The maximum atomic E-state index is 13.6. The summed E-state index contributed by atoms with van der Waals surface area (Å²) in [5, 5.41) is 0. The van der Waals surface area contributed by atoms with Crippen LogP contribution in [0.5, 0.6) is 0 Å². The second kappa shape index (κ2) is 6.64. The molecule has 0 saturated heterocycles. The van der Waals surface area contributed by atoms with Gasteiger partial charge in [0.15, 0.2) is 0 Å². The monoisotopic (exact) mass is 316 g/mol.